The lowest BCUT2D eigenvalue weighted by Gasteiger charge is -2.21. The molecule has 0 radical (unpaired) electrons. The van der Waals surface area contributed by atoms with E-state index >= 15 is 0 Å². The summed E-state index contributed by atoms with van der Waals surface area (Å²) in [5.74, 6) is 1.32. The highest BCUT2D eigenvalue weighted by Crippen LogP contribution is 2.33. The van der Waals surface area contributed by atoms with Crippen LogP contribution in [0.2, 0.25) is 0 Å². The minimum absolute atomic E-state index is 0.0310. The molecular formula is C24H22N6O3. The molecule has 0 bridgehead atoms. The Morgan fingerprint density at radius 3 is 2.70 bits per heavy atom. The predicted molar refractivity (Wildman–Crippen MR) is 122 cm³/mol. The summed E-state index contributed by atoms with van der Waals surface area (Å²) in [6.45, 7) is 0. The average molecular weight is 442 g/mol. The molecule has 3 aromatic heterocycles. The van der Waals surface area contributed by atoms with Gasteiger partial charge in [0.25, 0.3) is 5.56 Å². The van der Waals surface area contributed by atoms with Crippen LogP contribution in [0.15, 0.2) is 69.0 Å². The fourth-order valence-corrected chi connectivity index (χ4v) is 4.53. The summed E-state index contributed by atoms with van der Waals surface area (Å²) in [5.41, 5.74) is 1.86. The normalized spacial score (nSPS) is 14.8. The van der Waals surface area contributed by atoms with Gasteiger partial charge in [0, 0.05) is 12.5 Å². The van der Waals surface area contributed by atoms with Gasteiger partial charge < -0.3 is 9.51 Å². The summed E-state index contributed by atoms with van der Waals surface area (Å²) in [4.78, 5) is 39.2. The van der Waals surface area contributed by atoms with Crippen LogP contribution in [-0.2, 0) is 6.42 Å². The SMILES string of the molecule is O=c1c2ccccc2n(C(CCCc2ncon2)c2nc3ccccc3[nH]2)c(=O)n1C1CC1. The second kappa shape index (κ2) is 7.84. The molecule has 5 aromatic rings. The van der Waals surface area contributed by atoms with Crippen molar-refractivity contribution >= 4 is 21.9 Å². The van der Waals surface area contributed by atoms with Crippen LogP contribution >= 0.6 is 0 Å². The highest BCUT2D eigenvalue weighted by atomic mass is 16.5. The van der Waals surface area contributed by atoms with Crippen LogP contribution in [0.1, 0.15) is 49.4 Å². The molecule has 0 saturated heterocycles. The second-order valence-corrected chi connectivity index (χ2v) is 8.47. The number of aromatic nitrogens is 6. The molecule has 0 amide bonds. The number of nitrogens with one attached hydrogen (secondary N) is 1. The van der Waals surface area contributed by atoms with Gasteiger partial charge in [-0.2, -0.15) is 4.98 Å². The molecule has 1 fully saturated rings. The Morgan fingerprint density at radius 1 is 1.09 bits per heavy atom. The Kier molecular flexibility index (Phi) is 4.67. The average Bonchev–Trinajstić information content (AvgIpc) is 3.34. The zero-order valence-corrected chi connectivity index (χ0v) is 17.8. The Hall–Kier alpha value is -4.01. The zero-order valence-electron chi connectivity index (χ0n) is 17.8. The van der Waals surface area contributed by atoms with Crippen molar-refractivity contribution in [2.45, 2.75) is 44.2 Å². The third-order valence-electron chi connectivity index (χ3n) is 6.26. The van der Waals surface area contributed by atoms with Crippen LogP contribution in [0.5, 0.6) is 0 Å². The number of aryl methyl sites for hydroxylation is 1. The van der Waals surface area contributed by atoms with Crippen LogP contribution in [0, 0.1) is 0 Å². The van der Waals surface area contributed by atoms with E-state index in [0.29, 0.717) is 41.8 Å². The number of para-hydroxylation sites is 3. The summed E-state index contributed by atoms with van der Waals surface area (Å²) in [7, 11) is 0. The smallest absolute Gasteiger partial charge is 0.332 e. The molecule has 0 spiro atoms. The monoisotopic (exact) mass is 442 g/mol. The first kappa shape index (κ1) is 19.7. The summed E-state index contributed by atoms with van der Waals surface area (Å²) < 4.78 is 8.01. The summed E-state index contributed by atoms with van der Waals surface area (Å²) in [6.07, 6.45) is 4.95. The van der Waals surface area contributed by atoms with Crippen molar-refractivity contribution in [2.75, 3.05) is 0 Å². The van der Waals surface area contributed by atoms with Crippen molar-refractivity contribution in [3.8, 4) is 0 Å². The lowest BCUT2D eigenvalue weighted by molar-refractivity contribution is 0.406. The molecular weight excluding hydrogens is 420 g/mol. The van der Waals surface area contributed by atoms with Crippen LogP contribution in [0.25, 0.3) is 21.9 Å². The number of aromatic amines is 1. The quantitative estimate of drug-likeness (QED) is 0.414. The first-order valence-electron chi connectivity index (χ1n) is 11.2. The van der Waals surface area contributed by atoms with E-state index in [9.17, 15) is 9.59 Å². The van der Waals surface area contributed by atoms with Crippen molar-refractivity contribution in [2.24, 2.45) is 0 Å². The van der Waals surface area contributed by atoms with Gasteiger partial charge in [-0.05, 0) is 49.9 Å². The van der Waals surface area contributed by atoms with Gasteiger partial charge in [0.1, 0.15) is 5.82 Å². The Bertz CT molecular complexity index is 1530. The second-order valence-electron chi connectivity index (χ2n) is 8.47. The third kappa shape index (κ3) is 3.45. The molecule has 3 heterocycles. The van der Waals surface area contributed by atoms with Crippen molar-refractivity contribution in [3.05, 3.63) is 87.4 Å². The number of nitrogens with zero attached hydrogens (tertiary/aromatic N) is 5. The number of H-pyrrole nitrogens is 1. The first-order chi connectivity index (χ1) is 16.2. The maximum Gasteiger partial charge on any atom is 0.332 e. The van der Waals surface area contributed by atoms with E-state index in [1.807, 2.05) is 42.5 Å². The summed E-state index contributed by atoms with van der Waals surface area (Å²) in [6, 6.07) is 14.7. The first-order valence-corrected chi connectivity index (χ1v) is 11.2. The fourth-order valence-electron chi connectivity index (χ4n) is 4.53. The molecule has 2 aromatic carbocycles. The third-order valence-corrected chi connectivity index (χ3v) is 6.26. The number of fused-ring (bicyclic) bond motifs is 2. The molecule has 1 N–H and O–H groups in total. The van der Waals surface area contributed by atoms with Crippen LogP contribution in [0.3, 0.4) is 0 Å². The largest absolute Gasteiger partial charge is 0.343 e. The molecule has 1 atom stereocenters. The van der Waals surface area contributed by atoms with Gasteiger partial charge in [0.15, 0.2) is 5.82 Å². The topological polar surface area (TPSA) is 112 Å². The van der Waals surface area contributed by atoms with Gasteiger partial charge in [-0.1, -0.05) is 29.4 Å². The molecule has 33 heavy (non-hydrogen) atoms. The molecule has 9 nitrogen and oxygen atoms in total. The van der Waals surface area contributed by atoms with Gasteiger partial charge in [-0.15, -0.1) is 0 Å². The zero-order chi connectivity index (χ0) is 22.4. The standard InChI is InChI=1S/C24H22N6O3/c31-23-16-6-1-4-9-19(16)30(24(32)29(23)15-12-13-15)20(10-5-11-21-25-14-33-28-21)22-26-17-7-2-3-8-18(17)27-22/h1-4,6-9,14-15,20H,5,10-13H2,(H,26,27). The molecule has 6 rings (SSSR count). The minimum atomic E-state index is -0.382. The minimum Gasteiger partial charge on any atom is -0.343 e. The van der Waals surface area contributed by atoms with Crippen molar-refractivity contribution < 1.29 is 4.52 Å². The highest BCUT2D eigenvalue weighted by molar-refractivity contribution is 5.78. The molecule has 1 unspecified atom stereocenters. The van der Waals surface area contributed by atoms with E-state index in [1.54, 1.807) is 10.6 Å². The van der Waals surface area contributed by atoms with Crippen LogP contribution in [-0.4, -0.2) is 29.2 Å². The maximum absolute atomic E-state index is 13.8. The Balaban J connectivity index is 1.53. The molecule has 9 heteroatoms. The van der Waals surface area contributed by atoms with Crippen molar-refractivity contribution in [3.63, 3.8) is 0 Å². The summed E-state index contributed by atoms with van der Waals surface area (Å²) in [5, 5.41) is 4.44. The molecule has 166 valence electrons. The van der Waals surface area contributed by atoms with Crippen LogP contribution in [0.4, 0.5) is 0 Å². The van der Waals surface area contributed by atoms with Gasteiger partial charge in [0.2, 0.25) is 6.39 Å². The Morgan fingerprint density at radius 2 is 1.91 bits per heavy atom. The van der Waals surface area contributed by atoms with E-state index in [2.05, 4.69) is 15.1 Å². The van der Waals surface area contributed by atoms with E-state index in [0.717, 1.165) is 23.9 Å². The molecule has 0 aliphatic heterocycles. The predicted octanol–water partition coefficient (Wildman–Crippen LogP) is 3.37. The lowest BCUT2D eigenvalue weighted by Crippen LogP contribution is -2.41. The number of hydrogen-bond donors (Lipinski definition) is 1. The fraction of sp³-hybridized carbons (Fsp3) is 0.292. The van der Waals surface area contributed by atoms with Crippen LogP contribution < -0.4 is 11.2 Å². The Labute approximate surface area is 187 Å². The van der Waals surface area contributed by atoms with Crippen molar-refractivity contribution in [1.29, 1.82) is 0 Å². The highest BCUT2D eigenvalue weighted by Gasteiger charge is 2.31. The van der Waals surface area contributed by atoms with E-state index in [1.165, 1.54) is 11.0 Å². The van der Waals surface area contributed by atoms with Gasteiger partial charge >= 0.3 is 5.69 Å². The van der Waals surface area contributed by atoms with Gasteiger partial charge in [-0.3, -0.25) is 13.9 Å². The maximum atomic E-state index is 13.8. The lowest BCUT2D eigenvalue weighted by atomic mass is 10.1. The van der Waals surface area contributed by atoms with Gasteiger partial charge in [-0.25, -0.2) is 9.78 Å². The molecule has 1 aliphatic rings. The molecule has 1 aliphatic carbocycles. The number of rotatable bonds is 7. The summed E-state index contributed by atoms with van der Waals surface area (Å²) >= 11 is 0. The van der Waals surface area contributed by atoms with E-state index < -0.39 is 0 Å². The number of hydrogen-bond acceptors (Lipinski definition) is 6. The molecule has 1 saturated carbocycles. The number of benzene rings is 2. The van der Waals surface area contributed by atoms with Crippen molar-refractivity contribution in [1.82, 2.24) is 29.2 Å². The van der Waals surface area contributed by atoms with E-state index in [4.69, 9.17) is 9.51 Å². The van der Waals surface area contributed by atoms with Gasteiger partial charge in [0.05, 0.1) is 28.0 Å². The number of imidazole rings is 1. The van der Waals surface area contributed by atoms with E-state index in [-0.39, 0.29) is 23.3 Å².